The van der Waals surface area contributed by atoms with Crippen LogP contribution in [0, 0.1) is 3.57 Å². The minimum Gasteiger partial charge on any atom is -0.271 e. The molecule has 0 saturated heterocycles. The molecule has 2 aromatic rings. The normalized spacial score (nSPS) is 12.4. The summed E-state index contributed by atoms with van der Waals surface area (Å²) in [6, 6.07) is 13.7. The Morgan fingerprint density at radius 2 is 1.79 bits per heavy atom. The molecule has 5 heteroatoms. The first kappa shape index (κ1) is 15.1. The predicted octanol–water partition coefficient (Wildman–Crippen LogP) is 4.35. The highest BCUT2D eigenvalue weighted by Gasteiger charge is 2.14. The minimum absolute atomic E-state index is 0.0636. The van der Waals surface area contributed by atoms with Crippen molar-refractivity contribution in [1.29, 1.82) is 0 Å². The van der Waals surface area contributed by atoms with E-state index in [9.17, 15) is 0 Å². The molecule has 1 atom stereocenters. The number of nitrogens with two attached hydrogens (primary N) is 1. The van der Waals surface area contributed by atoms with Crippen molar-refractivity contribution in [2.75, 3.05) is 0 Å². The smallest absolute Gasteiger partial charge is 0.0515 e. The van der Waals surface area contributed by atoms with Gasteiger partial charge in [-0.15, -0.1) is 0 Å². The van der Waals surface area contributed by atoms with Crippen molar-refractivity contribution in [2.24, 2.45) is 5.84 Å². The zero-order chi connectivity index (χ0) is 13.8. The van der Waals surface area contributed by atoms with Crippen molar-refractivity contribution in [3.8, 4) is 0 Å². The first-order valence-electron chi connectivity index (χ1n) is 5.75. The molecular weight excluding hydrogens is 394 g/mol. The highest BCUT2D eigenvalue weighted by atomic mass is 127. The third-order valence-corrected chi connectivity index (χ3v) is 4.19. The number of hydrazine groups is 1. The molecule has 19 heavy (non-hydrogen) atoms. The quantitative estimate of drug-likeness (QED) is 0.450. The largest absolute Gasteiger partial charge is 0.271 e. The van der Waals surface area contributed by atoms with Gasteiger partial charge in [-0.1, -0.05) is 35.3 Å². The van der Waals surface area contributed by atoms with Crippen LogP contribution >= 0.6 is 45.8 Å². The van der Waals surface area contributed by atoms with Gasteiger partial charge in [-0.2, -0.15) is 0 Å². The van der Waals surface area contributed by atoms with E-state index in [-0.39, 0.29) is 6.04 Å². The lowest BCUT2D eigenvalue weighted by Crippen LogP contribution is -2.29. The molecule has 1 unspecified atom stereocenters. The van der Waals surface area contributed by atoms with Gasteiger partial charge in [-0.05, 0) is 70.5 Å². The highest BCUT2D eigenvalue weighted by Crippen LogP contribution is 2.28. The standard InChI is InChI=1S/C14H13Cl2IN2/c15-10-3-6-13(16)12(8-10)14(19-18)7-9-1-4-11(17)5-2-9/h1-6,8,14,19H,7,18H2. The van der Waals surface area contributed by atoms with Crippen LogP contribution in [0.3, 0.4) is 0 Å². The lowest BCUT2D eigenvalue weighted by Gasteiger charge is -2.18. The third kappa shape index (κ3) is 4.07. The van der Waals surface area contributed by atoms with Gasteiger partial charge in [0.05, 0.1) is 6.04 Å². The summed E-state index contributed by atoms with van der Waals surface area (Å²) in [5.41, 5.74) is 4.91. The van der Waals surface area contributed by atoms with E-state index in [1.54, 1.807) is 12.1 Å². The Bertz CT molecular complexity index is 558. The Morgan fingerprint density at radius 1 is 1.11 bits per heavy atom. The van der Waals surface area contributed by atoms with Gasteiger partial charge in [-0.25, -0.2) is 0 Å². The fourth-order valence-corrected chi connectivity index (χ4v) is 2.69. The molecule has 0 spiro atoms. The Morgan fingerprint density at radius 3 is 2.42 bits per heavy atom. The predicted molar refractivity (Wildman–Crippen MR) is 89.4 cm³/mol. The van der Waals surface area contributed by atoms with Crippen LogP contribution in [-0.4, -0.2) is 0 Å². The van der Waals surface area contributed by atoms with E-state index in [0.717, 1.165) is 12.0 Å². The molecule has 0 saturated carbocycles. The van der Waals surface area contributed by atoms with Gasteiger partial charge in [0.15, 0.2) is 0 Å². The van der Waals surface area contributed by atoms with E-state index < -0.39 is 0 Å². The zero-order valence-corrected chi connectivity index (χ0v) is 13.7. The summed E-state index contributed by atoms with van der Waals surface area (Å²) in [6.07, 6.45) is 0.757. The maximum absolute atomic E-state index is 6.21. The number of benzene rings is 2. The van der Waals surface area contributed by atoms with E-state index in [1.807, 2.05) is 6.07 Å². The summed E-state index contributed by atoms with van der Waals surface area (Å²) in [6.45, 7) is 0. The van der Waals surface area contributed by atoms with Gasteiger partial charge >= 0.3 is 0 Å². The molecule has 3 N–H and O–H groups in total. The van der Waals surface area contributed by atoms with Crippen molar-refractivity contribution in [2.45, 2.75) is 12.5 Å². The summed E-state index contributed by atoms with van der Waals surface area (Å²) >= 11 is 14.5. The number of nitrogens with one attached hydrogen (secondary N) is 1. The van der Waals surface area contributed by atoms with E-state index >= 15 is 0 Å². The van der Waals surface area contributed by atoms with E-state index in [2.05, 4.69) is 52.3 Å². The summed E-state index contributed by atoms with van der Waals surface area (Å²) in [4.78, 5) is 0. The molecule has 0 aliphatic carbocycles. The second-order valence-corrected chi connectivity index (χ2v) is 6.30. The molecule has 0 aliphatic rings. The van der Waals surface area contributed by atoms with Crippen LogP contribution in [0.4, 0.5) is 0 Å². The zero-order valence-electron chi connectivity index (χ0n) is 10.0. The van der Waals surface area contributed by atoms with E-state index in [0.29, 0.717) is 10.0 Å². The molecule has 100 valence electrons. The van der Waals surface area contributed by atoms with Gasteiger partial charge in [-0.3, -0.25) is 11.3 Å². The SMILES string of the molecule is NNC(Cc1ccc(I)cc1)c1cc(Cl)ccc1Cl. The topological polar surface area (TPSA) is 38.0 Å². The Kier molecular flexibility index (Phi) is 5.47. The lowest BCUT2D eigenvalue weighted by molar-refractivity contribution is 0.552. The monoisotopic (exact) mass is 406 g/mol. The van der Waals surface area contributed by atoms with Crippen LogP contribution in [0.15, 0.2) is 42.5 Å². The van der Waals surface area contributed by atoms with Crippen molar-refractivity contribution in [3.63, 3.8) is 0 Å². The van der Waals surface area contributed by atoms with Crippen molar-refractivity contribution >= 4 is 45.8 Å². The summed E-state index contributed by atoms with van der Waals surface area (Å²) < 4.78 is 1.21. The summed E-state index contributed by atoms with van der Waals surface area (Å²) in [7, 11) is 0. The fraction of sp³-hybridized carbons (Fsp3) is 0.143. The van der Waals surface area contributed by atoms with Crippen LogP contribution in [0.1, 0.15) is 17.2 Å². The van der Waals surface area contributed by atoms with Gasteiger partial charge < -0.3 is 0 Å². The van der Waals surface area contributed by atoms with Gasteiger partial charge in [0.2, 0.25) is 0 Å². The summed E-state index contributed by atoms with van der Waals surface area (Å²) in [5, 5.41) is 1.32. The second kappa shape index (κ2) is 6.90. The Labute approximate surface area is 136 Å². The highest BCUT2D eigenvalue weighted by molar-refractivity contribution is 14.1. The van der Waals surface area contributed by atoms with Crippen LogP contribution < -0.4 is 11.3 Å². The first-order chi connectivity index (χ1) is 9.10. The molecule has 0 bridgehead atoms. The van der Waals surface area contributed by atoms with Crippen molar-refractivity contribution in [3.05, 3.63) is 67.2 Å². The molecule has 0 fully saturated rings. The van der Waals surface area contributed by atoms with Gasteiger partial charge in [0.25, 0.3) is 0 Å². The molecule has 0 amide bonds. The fourth-order valence-electron chi connectivity index (χ4n) is 1.90. The van der Waals surface area contributed by atoms with Crippen LogP contribution in [0.2, 0.25) is 10.0 Å². The van der Waals surface area contributed by atoms with Gasteiger partial charge in [0, 0.05) is 13.6 Å². The molecule has 0 aromatic heterocycles. The molecule has 2 rings (SSSR count). The third-order valence-electron chi connectivity index (χ3n) is 2.89. The van der Waals surface area contributed by atoms with Crippen LogP contribution in [0.5, 0.6) is 0 Å². The average Bonchev–Trinajstić information content (AvgIpc) is 2.41. The molecular formula is C14H13Cl2IN2. The molecule has 0 heterocycles. The number of halogens is 3. The number of rotatable bonds is 4. The maximum Gasteiger partial charge on any atom is 0.0515 e. The molecule has 0 radical (unpaired) electrons. The number of hydrogen-bond donors (Lipinski definition) is 2. The Balaban J connectivity index is 2.24. The van der Waals surface area contributed by atoms with Gasteiger partial charge in [0.1, 0.15) is 0 Å². The summed E-state index contributed by atoms with van der Waals surface area (Å²) in [5.74, 6) is 5.65. The second-order valence-electron chi connectivity index (χ2n) is 4.22. The lowest BCUT2D eigenvalue weighted by atomic mass is 9.99. The Hall–Kier alpha value is -0.330. The van der Waals surface area contributed by atoms with E-state index in [4.69, 9.17) is 29.0 Å². The minimum atomic E-state index is -0.0636. The molecule has 2 nitrogen and oxygen atoms in total. The first-order valence-corrected chi connectivity index (χ1v) is 7.59. The molecule has 0 aliphatic heterocycles. The van der Waals surface area contributed by atoms with Crippen LogP contribution in [-0.2, 0) is 6.42 Å². The number of hydrogen-bond acceptors (Lipinski definition) is 2. The van der Waals surface area contributed by atoms with Crippen molar-refractivity contribution in [1.82, 2.24) is 5.43 Å². The van der Waals surface area contributed by atoms with Crippen molar-refractivity contribution < 1.29 is 0 Å². The molecule has 2 aromatic carbocycles. The maximum atomic E-state index is 6.21. The average molecular weight is 407 g/mol. The van der Waals surface area contributed by atoms with Crippen LogP contribution in [0.25, 0.3) is 0 Å². The van der Waals surface area contributed by atoms with E-state index in [1.165, 1.54) is 9.13 Å².